The molecule has 0 aliphatic carbocycles. The van der Waals surface area contributed by atoms with E-state index in [2.05, 4.69) is 36.1 Å². The van der Waals surface area contributed by atoms with Crippen LogP contribution < -0.4 is 5.32 Å². The molecule has 2 aliphatic rings. The van der Waals surface area contributed by atoms with Crippen LogP contribution in [0.4, 0.5) is 0 Å². The van der Waals surface area contributed by atoms with Crippen molar-refractivity contribution in [2.24, 2.45) is 0 Å². The normalized spacial score (nSPS) is 36.4. The predicted molar refractivity (Wildman–Crippen MR) is 68.8 cm³/mol. The van der Waals surface area contributed by atoms with Gasteiger partial charge >= 0.3 is 0 Å². The number of nitrogens with zero attached hydrogens (tertiary/aromatic N) is 2. The van der Waals surface area contributed by atoms with Crippen molar-refractivity contribution in [3.8, 4) is 0 Å². The summed E-state index contributed by atoms with van der Waals surface area (Å²) in [6.45, 7) is 7.26. The quantitative estimate of drug-likeness (QED) is 0.777. The lowest BCUT2D eigenvalue weighted by atomic mass is 9.85. The van der Waals surface area contributed by atoms with Crippen LogP contribution in [-0.2, 0) is 0 Å². The Balaban J connectivity index is 1.91. The molecule has 2 atom stereocenters. The second-order valence-electron chi connectivity index (χ2n) is 5.94. The van der Waals surface area contributed by atoms with Crippen molar-refractivity contribution < 1.29 is 0 Å². The predicted octanol–water partition coefficient (Wildman–Crippen LogP) is 1.15. The Morgan fingerprint density at radius 1 is 1.38 bits per heavy atom. The maximum absolute atomic E-state index is 3.68. The van der Waals surface area contributed by atoms with Gasteiger partial charge in [0.15, 0.2) is 0 Å². The van der Waals surface area contributed by atoms with Gasteiger partial charge in [0.25, 0.3) is 0 Å². The summed E-state index contributed by atoms with van der Waals surface area (Å²) in [7, 11) is 4.34. The summed E-state index contributed by atoms with van der Waals surface area (Å²) in [6, 6.07) is 0.724. The molecule has 0 aromatic carbocycles. The number of piperidine rings is 1. The number of likely N-dealkylation sites (N-methyl/N-ethyl adjacent to an activating group) is 1. The molecule has 2 heterocycles. The van der Waals surface area contributed by atoms with Crippen LogP contribution in [0.1, 0.15) is 32.6 Å². The molecule has 3 nitrogen and oxygen atoms in total. The minimum absolute atomic E-state index is 0.502. The Bertz CT molecular complexity index is 219. The molecule has 0 aromatic rings. The molecule has 2 fully saturated rings. The van der Waals surface area contributed by atoms with Gasteiger partial charge in [0.05, 0.1) is 0 Å². The molecule has 2 rings (SSSR count). The standard InChI is InChI=1S/C13H27N3/c1-12-5-7-13(11-14-12)6-4-8-16(13)10-9-15(2)3/h12,14H,4-11H2,1-3H3. The first kappa shape index (κ1) is 12.3. The topological polar surface area (TPSA) is 18.5 Å². The van der Waals surface area contributed by atoms with Gasteiger partial charge in [0, 0.05) is 31.2 Å². The molecule has 0 amide bonds. The summed E-state index contributed by atoms with van der Waals surface area (Å²) in [5.41, 5.74) is 0.502. The monoisotopic (exact) mass is 225 g/mol. The van der Waals surface area contributed by atoms with Gasteiger partial charge in [-0.3, -0.25) is 4.90 Å². The van der Waals surface area contributed by atoms with Crippen molar-refractivity contribution >= 4 is 0 Å². The highest BCUT2D eigenvalue weighted by molar-refractivity contribution is 5.01. The third-order valence-electron chi connectivity index (χ3n) is 4.38. The van der Waals surface area contributed by atoms with Crippen molar-refractivity contribution in [3.63, 3.8) is 0 Å². The summed E-state index contributed by atoms with van der Waals surface area (Å²) in [6.07, 6.45) is 5.54. The Morgan fingerprint density at radius 3 is 2.81 bits per heavy atom. The lowest BCUT2D eigenvalue weighted by Crippen LogP contribution is -2.57. The molecular formula is C13H27N3. The molecule has 94 valence electrons. The lowest BCUT2D eigenvalue weighted by molar-refractivity contribution is 0.0872. The number of nitrogens with one attached hydrogen (secondary N) is 1. The van der Waals surface area contributed by atoms with Crippen LogP contribution in [0.3, 0.4) is 0 Å². The first-order chi connectivity index (χ1) is 7.62. The fourth-order valence-corrected chi connectivity index (χ4v) is 3.19. The summed E-state index contributed by atoms with van der Waals surface area (Å²) in [5, 5.41) is 3.68. The van der Waals surface area contributed by atoms with Crippen molar-refractivity contribution in [1.82, 2.24) is 15.1 Å². The van der Waals surface area contributed by atoms with E-state index in [1.807, 2.05) is 0 Å². The largest absolute Gasteiger partial charge is 0.312 e. The fraction of sp³-hybridized carbons (Fsp3) is 1.00. The molecule has 16 heavy (non-hydrogen) atoms. The lowest BCUT2D eigenvalue weighted by Gasteiger charge is -2.44. The summed E-state index contributed by atoms with van der Waals surface area (Å²) in [4.78, 5) is 5.04. The summed E-state index contributed by atoms with van der Waals surface area (Å²) >= 11 is 0. The number of likely N-dealkylation sites (tertiary alicyclic amines) is 1. The molecule has 1 N–H and O–H groups in total. The van der Waals surface area contributed by atoms with Crippen molar-refractivity contribution in [2.75, 3.05) is 40.3 Å². The van der Waals surface area contributed by atoms with E-state index in [0.717, 1.165) is 6.04 Å². The molecule has 1 spiro atoms. The zero-order valence-corrected chi connectivity index (χ0v) is 11.1. The smallest absolute Gasteiger partial charge is 0.0335 e. The van der Waals surface area contributed by atoms with E-state index in [0.29, 0.717) is 5.54 Å². The van der Waals surface area contributed by atoms with E-state index in [9.17, 15) is 0 Å². The fourth-order valence-electron chi connectivity index (χ4n) is 3.19. The second-order valence-corrected chi connectivity index (χ2v) is 5.94. The minimum Gasteiger partial charge on any atom is -0.312 e. The van der Waals surface area contributed by atoms with Crippen molar-refractivity contribution in [1.29, 1.82) is 0 Å². The van der Waals surface area contributed by atoms with Gasteiger partial charge in [-0.25, -0.2) is 0 Å². The summed E-state index contributed by atoms with van der Waals surface area (Å²) in [5.74, 6) is 0. The number of hydrogen-bond donors (Lipinski definition) is 1. The average molecular weight is 225 g/mol. The van der Waals surface area contributed by atoms with Crippen molar-refractivity contribution in [2.45, 2.75) is 44.2 Å². The molecule has 0 bridgehead atoms. The van der Waals surface area contributed by atoms with Gasteiger partial charge in [-0.1, -0.05) is 0 Å². The molecule has 3 heteroatoms. The maximum atomic E-state index is 3.68. The average Bonchev–Trinajstić information content (AvgIpc) is 2.63. The Hall–Kier alpha value is -0.120. The molecule has 0 saturated carbocycles. The molecule has 2 saturated heterocycles. The third-order valence-corrected chi connectivity index (χ3v) is 4.38. The van der Waals surface area contributed by atoms with E-state index in [4.69, 9.17) is 0 Å². The van der Waals surface area contributed by atoms with Crippen LogP contribution in [0.5, 0.6) is 0 Å². The van der Waals surface area contributed by atoms with E-state index in [1.54, 1.807) is 0 Å². The molecular weight excluding hydrogens is 198 g/mol. The maximum Gasteiger partial charge on any atom is 0.0335 e. The first-order valence-corrected chi connectivity index (χ1v) is 6.76. The van der Waals surface area contributed by atoms with Gasteiger partial charge in [0.1, 0.15) is 0 Å². The van der Waals surface area contributed by atoms with Crippen LogP contribution in [0.2, 0.25) is 0 Å². The van der Waals surface area contributed by atoms with Crippen LogP contribution in [0.15, 0.2) is 0 Å². The third kappa shape index (κ3) is 2.58. The van der Waals surface area contributed by atoms with Gasteiger partial charge in [-0.15, -0.1) is 0 Å². The van der Waals surface area contributed by atoms with Crippen LogP contribution in [-0.4, -0.2) is 61.7 Å². The van der Waals surface area contributed by atoms with Gasteiger partial charge in [0.2, 0.25) is 0 Å². The zero-order valence-electron chi connectivity index (χ0n) is 11.1. The Kier molecular flexibility index (Phi) is 3.88. The number of hydrogen-bond acceptors (Lipinski definition) is 3. The zero-order chi connectivity index (χ0) is 11.6. The van der Waals surface area contributed by atoms with E-state index in [1.165, 1.54) is 51.9 Å². The van der Waals surface area contributed by atoms with E-state index >= 15 is 0 Å². The highest BCUT2D eigenvalue weighted by Gasteiger charge is 2.42. The Labute approximate surface area is 100 Å². The van der Waals surface area contributed by atoms with Gasteiger partial charge in [-0.2, -0.15) is 0 Å². The summed E-state index contributed by atoms with van der Waals surface area (Å²) < 4.78 is 0. The Morgan fingerprint density at radius 2 is 2.19 bits per heavy atom. The van der Waals surface area contributed by atoms with Gasteiger partial charge in [-0.05, 0) is 53.2 Å². The highest BCUT2D eigenvalue weighted by Crippen LogP contribution is 2.35. The van der Waals surface area contributed by atoms with Crippen LogP contribution in [0.25, 0.3) is 0 Å². The molecule has 2 aliphatic heterocycles. The second kappa shape index (κ2) is 5.03. The SMILES string of the molecule is CC1CCC2(CCCN2CCN(C)C)CN1. The molecule has 2 unspecified atom stereocenters. The number of rotatable bonds is 3. The first-order valence-electron chi connectivity index (χ1n) is 6.76. The molecule has 0 aromatic heterocycles. The highest BCUT2D eigenvalue weighted by atomic mass is 15.3. The van der Waals surface area contributed by atoms with E-state index < -0.39 is 0 Å². The van der Waals surface area contributed by atoms with Gasteiger partial charge < -0.3 is 10.2 Å². The van der Waals surface area contributed by atoms with E-state index in [-0.39, 0.29) is 0 Å². The van der Waals surface area contributed by atoms with Crippen LogP contribution in [0, 0.1) is 0 Å². The molecule has 0 radical (unpaired) electrons. The van der Waals surface area contributed by atoms with Crippen LogP contribution >= 0.6 is 0 Å². The van der Waals surface area contributed by atoms with Crippen molar-refractivity contribution in [3.05, 3.63) is 0 Å². The minimum atomic E-state index is 0.502.